The SMILES string of the molecule is Nc1ncnc2c1c(-c1ccc(Br)c(O)c1)nn2C1CCCc2ccccc21. The number of fused-ring (bicyclic) bond motifs is 2. The van der Waals surface area contributed by atoms with Gasteiger partial charge in [0.15, 0.2) is 5.65 Å². The van der Waals surface area contributed by atoms with E-state index >= 15 is 0 Å². The molecule has 0 saturated heterocycles. The minimum atomic E-state index is 0.0968. The third kappa shape index (κ3) is 2.65. The maximum absolute atomic E-state index is 10.1. The van der Waals surface area contributed by atoms with E-state index in [1.54, 1.807) is 12.1 Å². The van der Waals surface area contributed by atoms with Crippen molar-refractivity contribution >= 4 is 32.8 Å². The van der Waals surface area contributed by atoms with E-state index in [1.807, 2.05) is 10.7 Å². The molecule has 1 aliphatic rings. The summed E-state index contributed by atoms with van der Waals surface area (Å²) in [5.74, 6) is 0.538. The predicted octanol–water partition coefficient (Wildman–Crippen LogP) is 4.47. The van der Waals surface area contributed by atoms with Gasteiger partial charge in [-0.2, -0.15) is 5.10 Å². The number of nitrogens with two attached hydrogens (primary N) is 1. The van der Waals surface area contributed by atoms with Gasteiger partial charge in [0.2, 0.25) is 0 Å². The van der Waals surface area contributed by atoms with Crippen LogP contribution in [0.25, 0.3) is 22.3 Å². The van der Waals surface area contributed by atoms with E-state index in [4.69, 9.17) is 10.8 Å². The quantitative estimate of drug-likeness (QED) is 0.484. The zero-order valence-electron chi connectivity index (χ0n) is 15.0. The fourth-order valence-electron chi connectivity index (χ4n) is 4.06. The Hall–Kier alpha value is -2.93. The molecule has 7 heteroatoms. The van der Waals surface area contributed by atoms with Gasteiger partial charge in [0.05, 0.1) is 15.9 Å². The molecule has 6 nitrogen and oxygen atoms in total. The Morgan fingerprint density at radius 3 is 2.86 bits per heavy atom. The zero-order chi connectivity index (χ0) is 19.3. The summed E-state index contributed by atoms with van der Waals surface area (Å²) < 4.78 is 2.60. The molecule has 2 aromatic heterocycles. The molecular weight excluding hydrogens is 418 g/mol. The van der Waals surface area contributed by atoms with Gasteiger partial charge in [-0.25, -0.2) is 14.6 Å². The Balaban J connectivity index is 1.76. The Morgan fingerprint density at radius 2 is 2.00 bits per heavy atom. The van der Waals surface area contributed by atoms with Crippen molar-refractivity contribution in [1.29, 1.82) is 0 Å². The molecule has 0 radical (unpaired) electrons. The van der Waals surface area contributed by atoms with Crippen LogP contribution in [0.4, 0.5) is 5.82 Å². The number of hydrogen-bond donors (Lipinski definition) is 2. The first-order valence-electron chi connectivity index (χ1n) is 9.19. The number of phenols is 1. The Morgan fingerprint density at radius 1 is 1.14 bits per heavy atom. The number of rotatable bonds is 2. The molecule has 1 atom stereocenters. The number of halogens is 1. The van der Waals surface area contributed by atoms with Crippen molar-refractivity contribution in [3.05, 3.63) is 64.4 Å². The highest BCUT2D eigenvalue weighted by Crippen LogP contribution is 2.39. The molecule has 140 valence electrons. The van der Waals surface area contributed by atoms with Crippen LogP contribution < -0.4 is 5.73 Å². The van der Waals surface area contributed by atoms with Crippen LogP contribution >= 0.6 is 15.9 Å². The Kier molecular flexibility index (Phi) is 4.05. The minimum absolute atomic E-state index is 0.0968. The first kappa shape index (κ1) is 17.2. The lowest BCUT2D eigenvalue weighted by Gasteiger charge is -2.26. The number of anilines is 1. The van der Waals surface area contributed by atoms with Crippen LogP contribution in [0.5, 0.6) is 5.75 Å². The first-order chi connectivity index (χ1) is 13.6. The van der Waals surface area contributed by atoms with Gasteiger partial charge >= 0.3 is 0 Å². The third-order valence-electron chi connectivity index (χ3n) is 5.37. The molecule has 1 unspecified atom stereocenters. The molecule has 0 fully saturated rings. The predicted molar refractivity (Wildman–Crippen MR) is 112 cm³/mol. The molecule has 3 N–H and O–H groups in total. The molecule has 4 aromatic rings. The summed E-state index contributed by atoms with van der Waals surface area (Å²) in [4.78, 5) is 8.69. The standard InChI is InChI=1S/C21H18BrN5O/c22-15-9-8-13(10-17(15)28)19-18-20(23)24-11-25-21(18)27(26-19)16-7-3-5-12-4-1-2-6-14(12)16/h1-2,4,6,8-11,16,28H,3,5,7H2,(H2,23,24,25). The molecule has 5 rings (SSSR count). The molecule has 0 saturated carbocycles. The van der Waals surface area contributed by atoms with Crippen LogP contribution in [-0.2, 0) is 6.42 Å². The highest BCUT2D eigenvalue weighted by Gasteiger charge is 2.27. The van der Waals surface area contributed by atoms with Gasteiger partial charge in [0.1, 0.15) is 23.6 Å². The van der Waals surface area contributed by atoms with Crippen molar-refractivity contribution in [2.45, 2.75) is 25.3 Å². The number of aromatic nitrogens is 4. The average Bonchev–Trinajstić information content (AvgIpc) is 3.10. The topological polar surface area (TPSA) is 89.8 Å². The van der Waals surface area contributed by atoms with Gasteiger partial charge in [-0.15, -0.1) is 0 Å². The molecule has 2 heterocycles. The minimum Gasteiger partial charge on any atom is -0.507 e. The maximum atomic E-state index is 10.1. The molecule has 28 heavy (non-hydrogen) atoms. The lowest BCUT2D eigenvalue weighted by atomic mass is 9.88. The number of nitrogens with zero attached hydrogens (tertiary/aromatic N) is 4. The molecule has 0 spiro atoms. The van der Waals surface area contributed by atoms with Gasteiger partial charge < -0.3 is 10.8 Å². The summed E-state index contributed by atoms with van der Waals surface area (Å²) in [6, 6.07) is 14.0. The Bertz CT molecular complexity index is 1200. The molecule has 0 aliphatic heterocycles. The number of hydrogen-bond acceptors (Lipinski definition) is 5. The van der Waals surface area contributed by atoms with Crippen molar-refractivity contribution in [3.63, 3.8) is 0 Å². The van der Waals surface area contributed by atoms with Crippen LogP contribution in [0, 0.1) is 0 Å². The lowest BCUT2D eigenvalue weighted by molar-refractivity contribution is 0.461. The monoisotopic (exact) mass is 435 g/mol. The van der Waals surface area contributed by atoms with E-state index in [0.717, 1.165) is 24.8 Å². The second-order valence-corrected chi connectivity index (χ2v) is 7.88. The van der Waals surface area contributed by atoms with Crippen LogP contribution in [0.1, 0.15) is 30.0 Å². The molecule has 0 bridgehead atoms. The Labute approximate surface area is 170 Å². The largest absolute Gasteiger partial charge is 0.507 e. The summed E-state index contributed by atoms with van der Waals surface area (Å²) in [5, 5.41) is 15.8. The zero-order valence-corrected chi connectivity index (χ0v) is 16.6. The van der Waals surface area contributed by atoms with Gasteiger partial charge in [0, 0.05) is 5.56 Å². The molecule has 2 aromatic carbocycles. The van der Waals surface area contributed by atoms with E-state index in [9.17, 15) is 5.11 Å². The summed E-state index contributed by atoms with van der Waals surface area (Å²) >= 11 is 3.33. The lowest BCUT2D eigenvalue weighted by Crippen LogP contribution is -2.18. The van der Waals surface area contributed by atoms with Gasteiger partial charge in [-0.05, 0) is 58.5 Å². The number of aromatic hydroxyl groups is 1. The number of aryl methyl sites for hydroxylation is 1. The van der Waals surface area contributed by atoms with Crippen molar-refractivity contribution in [2.75, 3.05) is 5.73 Å². The van der Waals surface area contributed by atoms with Crippen LogP contribution in [0.2, 0.25) is 0 Å². The smallest absolute Gasteiger partial charge is 0.164 e. The third-order valence-corrected chi connectivity index (χ3v) is 6.04. The second-order valence-electron chi connectivity index (χ2n) is 7.02. The van der Waals surface area contributed by atoms with Crippen molar-refractivity contribution in [2.24, 2.45) is 0 Å². The van der Waals surface area contributed by atoms with Gasteiger partial charge in [-0.1, -0.05) is 30.3 Å². The highest BCUT2D eigenvalue weighted by atomic mass is 79.9. The van der Waals surface area contributed by atoms with E-state index in [1.165, 1.54) is 17.5 Å². The molecule has 0 amide bonds. The van der Waals surface area contributed by atoms with Crippen molar-refractivity contribution in [1.82, 2.24) is 19.7 Å². The van der Waals surface area contributed by atoms with E-state index < -0.39 is 0 Å². The van der Waals surface area contributed by atoms with Crippen molar-refractivity contribution < 1.29 is 5.11 Å². The number of benzene rings is 2. The van der Waals surface area contributed by atoms with Crippen LogP contribution in [-0.4, -0.2) is 24.9 Å². The van der Waals surface area contributed by atoms with Crippen molar-refractivity contribution in [3.8, 4) is 17.0 Å². The van der Waals surface area contributed by atoms with E-state index in [2.05, 4.69) is 50.2 Å². The fourth-order valence-corrected chi connectivity index (χ4v) is 4.30. The maximum Gasteiger partial charge on any atom is 0.164 e. The van der Waals surface area contributed by atoms with Crippen LogP contribution in [0.3, 0.4) is 0 Å². The molecular formula is C21H18BrN5O. The normalized spacial score (nSPS) is 16.2. The average molecular weight is 436 g/mol. The number of phenolic OH excluding ortho intramolecular Hbond substituents is 1. The van der Waals surface area contributed by atoms with Gasteiger partial charge in [-0.3, -0.25) is 0 Å². The summed E-state index contributed by atoms with van der Waals surface area (Å²) in [6.45, 7) is 0. The van der Waals surface area contributed by atoms with E-state index in [0.29, 0.717) is 27.0 Å². The summed E-state index contributed by atoms with van der Waals surface area (Å²) in [6.07, 6.45) is 4.64. The summed E-state index contributed by atoms with van der Waals surface area (Å²) in [5.41, 5.74) is 11.0. The number of nitrogen functional groups attached to an aromatic ring is 1. The summed E-state index contributed by atoms with van der Waals surface area (Å²) in [7, 11) is 0. The molecule has 1 aliphatic carbocycles. The second kappa shape index (κ2) is 6.60. The van der Waals surface area contributed by atoms with Gasteiger partial charge in [0.25, 0.3) is 0 Å². The first-order valence-corrected chi connectivity index (χ1v) is 9.98. The van der Waals surface area contributed by atoms with E-state index in [-0.39, 0.29) is 11.8 Å². The fraction of sp³-hybridized carbons (Fsp3) is 0.190. The highest BCUT2D eigenvalue weighted by molar-refractivity contribution is 9.10. The van der Waals surface area contributed by atoms with Crippen LogP contribution in [0.15, 0.2) is 53.3 Å².